The molecule has 0 aromatic carbocycles. The molecule has 14 heavy (non-hydrogen) atoms. The molecule has 0 aromatic rings. The Kier molecular flexibility index (Phi) is 8.65. The van der Waals surface area contributed by atoms with Gasteiger partial charge in [-0.05, 0) is 12.1 Å². The van der Waals surface area contributed by atoms with Gasteiger partial charge < -0.3 is 0 Å². The molecular weight excluding hydrogens is 341 g/mol. The Labute approximate surface area is 115 Å². The van der Waals surface area contributed by atoms with Crippen molar-refractivity contribution in [3.8, 4) is 0 Å². The van der Waals surface area contributed by atoms with E-state index in [-0.39, 0.29) is 0 Å². The molecule has 0 saturated heterocycles. The lowest BCUT2D eigenvalue weighted by Crippen LogP contribution is -2.09. The van der Waals surface area contributed by atoms with Gasteiger partial charge in [0, 0.05) is 0 Å². The monoisotopic (exact) mass is 350 g/mol. The normalized spacial score (nSPS) is 13.3. The van der Waals surface area contributed by atoms with Crippen molar-refractivity contribution in [2.24, 2.45) is 0 Å². The highest BCUT2D eigenvalue weighted by Crippen LogP contribution is 2.29. The molecule has 0 nitrogen and oxygen atoms in total. The predicted molar refractivity (Wildman–Crippen MR) is 74.7 cm³/mol. The third kappa shape index (κ3) is 14.2. The van der Waals surface area contributed by atoms with E-state index in [4.69, 9.17) is 66.5 Å². The zero-order valence-corrected chi connectivity index (χ0v) is 14.0. The third-order valence-corrected chi connectivity index (χ3v) is 6.91. The molecule has 0 aliphatic carbocycles. The Balaban J connectivity index is 3.23. The molecule has 0 heterocycles. The van der Waals surface area contributed by atoms with Crippen LogP contribution in [0.4, 0.5) is 0 Å². The fourth-order valence-corrected chi connectivity index (χ4v) is 4.71. The van der Waals surface area contributed by atoms with E-state index in [0.717, 1.165) is 37.8 Å². The maximum atomic E-state index is 5.73. The molecule has 0 aliphatic heterocycles. The van der Waals surface area contributed by atoms with Crippen molar-refractivity contribution >= 4 is 78.5 Å². The Morgan fingerprint density at radius 2 is 0.786 bits per heavy atom. The van der Waals surface area contributed by atoms with E-state index >= 15 is 0 Å². The smallest absolute Gasteiger partial charge is 0.126 e. The van der Waals surface area contributed by atoms with Gasteiger partial charge in [0.25, 0.3) is 0 Å². The van der Waals surface area contributed by atoms with Crippen LogP contribution >= 0.6 is 66.5 Å². The molecule has 0 amide bonds. The first-order chi connectivity index (χ1) is 6.21. The average molecular weight is 353 g/mol. The fraction of sp³-hybridized carbons (Fsp3) is 1.00. The van der Waals surface area contributed by atoms with Crippen LogP contribution in [0, 0.1) is 0 Å². The van der Waals surface area contributed by atoms with E-state index < -0.39 is 12.0 Å². The maximum Gasteiger partial charge on any atom is 0.341 e. The minimum Gasteiger partial charge on any atom is -0.126 e. The number of unbranched alkanes of at least 4 members (excludes halogenated alkanes) is 3. The summed E-state index contributed by atoms with van der Waals surface area (Å²) in [5.41, 5.74) is 0. The Bertz CT molecular complexity index is 133. The molecule has 0 N–H and O–H groups in total. The van der Waals surface area contributed by atoms with Gasteiger partial charge in [0.05, 0.1) is 0 Å². The molecule has 0 aromatic heterocycles. The fourth-order valence-electron chi connectivity index (χ4n) is 1.00. The minimum atomic E-state index is -2.41. The van der Waals surface area contributed by atoms with Crippen molar-refractivity contribution in [3.63, 3.8) is 0 Å². The first-order valence-electron chi connectivity index (χ1n) is 4.34. The summed E-state index contributed by atoms with van der Waals surface area (Å²) in [5, 5.41) is 0. The molecule has 0 aliphatic rings. The van der Waals surface area contributed by atoms with E-state index in [0.29, 0.717) is 0 Å². The van der Waals surface area contributed by atoms with Crippen molar-refractivity contribution in [1.29, 1.82) is 0 Å². The average Bonchev–Trinajstić information content (AvgIpc) is 1.92. The van der Waals surface area contributed by atoms with E-state index in [1.807, 2.05) is 0 Å². The summed E-state index contributed by atoms with van der Waals surface area (Å²) in [4.78, 5) is 0. The van der Waals surface area contributed by atoms with Gasteiger partial charge in [0.15, 0.2) is 0 Å². The highest BCUT2D eigenvalue weighted by molar-refractivity contribution is 7.65. The van der Waals surface area contributed by atoms with Crippen LogP contribution in [0.15, 0.2) is 0 Å². The van der Waals surface area contributed by atoms with Crippen molar-refractivity contribution in [2.75, 3.05) is 0 Å². The molecule has 0 bridgehead atoms. The minimum absolute atomic E-state index is 0.725. The molecule has 0 atom stereocenters. The van der Waals surface area contributed by atoms with E-state index in [9.17, 15) is 0 Å². The van der Waals surface area contributed by atoms with Crippen LogP contribution in [0.5, 0.6) is 0 Å². The SMILES string of the molecule is Cl[Si](Cl)(Cl)CCCCCC[Si](Cl)(Cl)Cl. The van der Waals surface area contributed by atoms with Gasteiger partial charge >= 0.3 is 12.0 Å². The molecule has 0 rings (SSSR count). The maximum absolute atomic E-state index is 5.73. The Hall–Kier alpha value is 2.17. The summed E-state index contributed by atoms with van der Waals surface area (Å²) in [6.07, 6.45) is 4.03. The number of hydrogen-bond donors (Lipinski definition) is 0. The summed E-state index contributed by atoms with van der Waals surface area (Å²) < 4.78 is 0. The highest BCUT2D eigenvalue weighted by atomic mass is 35.8. The quantitative estimate of drug-likeness (QED) is 0.306. The third-order valence-electron chi connectivity index (χ3n) is 1.67. The topological polar surface area (TPSA) is 0 Å². The summed E-state index contributed by atoms with van der Waals surface area (Å²) in [6, 6.07) is -3.36. The van der Waals surface area contributed by atoms with Gasteiger partial charge in [0.2, 0.25) is 0 Å². The molecule has 0 spiro atoms. The van der Waals surface area contributed by atoms with Gasteiger partial charge in [-0.1, -0.05) is 25.7 Å². The Morgan fingerprint density at radius 3 is 1.00 bits per heavy atom. The van der Waals surface area contributed by atoms with Crippen LogP contribution in [0.3, 0.4) is 0 Å². The van der Waals surface area contributed by atoms with Crippen molar-refractivity contribution < 1.29 is 0 Å². The number of rotatable bonds is 7. The summed E-state index contributed by atoms with van der Waals surface area (Å²) in [6.45, 7) is 0. The first-order valence-corrected chi connectivity index (χ1v) is 14.8. The van der Waals surface area contributed by atoms with Crippen LogP contribution in [0.25, 0.3) is 0 Å². The number of halogens is 6. The molecule has 8 heteroatoms. The molecular formula is C6H12Cl6Si2. The Morgan fingerprint density at radius 1 is 0.500 bits per heavy atom. The molecule has 0 unspecified atom stereocenters. The lowest BCUT2D eigenvalue weighted by atomic mass is 10.2. The van der Waals surface area contributed by atoms with Gasteiger partial charge in [-0.15, -0.1) is 66.5 Å². The molecule has 0 saturated carbocycles. The van der Waals surface area contributed by atoms with Crippen molar-refractivity contribution in [1.82, 2.24) is 0 Å². The van der Waals surface area contributed by atoms with Gasteiger partial charge in [-0.3, -0.25) is 0 Å². The van der Waals surface area contributed by atoms with Gasteiger partial charge in [-0.25, -0.2) is 0 Å². The molecule has 0 radical (unpaired) electrons. The van der Waals surface area contributed by atoms with Gasteiger partial charge in [0.1, 0.15) is 0 Å². The zero-order chi connectivity index (χ0) is 11.2. The van der Waals surface area contributed by atoms with E-state index in [1.54, 1.807) is 0 Å². The van der Waals surface area contributed by atoms with Crippen molar-refractivity contribution in [3.05, 3.63) is 0 Å². The first kappa shape index (κ1) is 16.2. The lowest BCUT2D eigenvalue weighted by molar-refractivity contribution is 0.698. The highest BCUT2D eigenvalue weighted by Gasteiger charge is 2.25. The van der Waals surface area contributed by atoms with Crippen molar-refractivity contribution in [2.45, 2.75) is 37.8 Å². The summed E-state index contributed by atoms with van der Waals surface area (Å²) in [7, 11) is 0. The second kappa shape index (κ2) is 7.49. The molecule has 86 valence electrons. The number of hydrogen-bond acceptors (Lipinski definition) is 0. The second-order valence-electron chi connectivity index (χ2n) is 3.14. The van der Waals surface area contributed by atoms with E-state index in [2.05, 4.69) is 0 Å². The summed E-state index contributed by atoms with van der Waals surface area (Å²) >= 11 is 34.4. The molecule has 0 fully saturated rings. The summed E-state index contributed by atoms with van der Waals surface area (Å²) in [5.74, 6) is 0. The second-order valence-corrected chi connectivity index (χ2v) is 21.7. The largest absolute Gasteiger partial charge is 0.341 e. The van der Waals surface area contributed by atoms with Crippen LogP contribution in [-0.2, 0) is 0 Å². The van der Waals surface area contributed by atoms with Crippen LogP contribution < -0.4 is 0 Å². The lowest BCUT2D eigenvalue weighted by Gasteiger charge is -2.08. The predicted octanol–water partition coefficient (Wildman–Crippen LogP) is 5.86. The van der Waals surface area contributed by atoms with Gasteiger partial charge in [-0.2, -0.15) is 0 Å². The van der Waals surface area contributed by atoms with E-state index in [1.165, 1.54) is 0 Å². The zero-order valence-electron chi connectivity index (χ0n) is 7.51. The van der Waals surface area contributed by atoms with Crippen LogP contribution in [0.1, 0.15) is 25.7 Å². The standard InChI is InChI=1S/C6H12Cl6Si2/c7-13(8,9)5-3-1-2-4-6-14(10,11)12/h1-6H2. The van der Waals surface area contributed by atoms with Crippen LogP contribution in [0.2, 0.25) is 12.1 Å². The van der Waals surface area contributed by atoms with Crippen LogP contribution in [-0.4, -0.2) is 12.0 Å².